The fourth-order valence-corrected chi connectivity index (χ4v) is 4.68. The highest BCUT2D eigenvalue weighted by Crippen LogP contribution is 2.44. The average Bonchev–Trinajstić information content (AvgIpc) is 3.31. The first-order valence-corrected chi connectivity index (χ1v) is 10.2. The largest absolute Gasteiger partial charge is 0.466 e. The van der Waals surface area contributed by atoms with Gasteiger partial charge in [0.1, 0.15) is 0 Å². The number of nitrogens with one attached hydrogen (secondary N) is 2. The summed E-state index contributed by atoms with van der Waals surface area (Å²) >= 11 is 1.37. The van der Waals surface area contributed by atoms with Crippen LogP contribution in [0.3, 0.4) is 0 Å². The molecule has 0 saturated heterocycles. The van der Waals surface area contributed by atoms with Gasteiger partial charge >= 0.3 is 11.9 Å². The second-order valence-electron chi connectivity index (χ2n) is 6.86. The second kappa shape index (κ2) is 8.90. The van der Waals surface area contributed by atoms with Gasteiger partial charge in [-0.2, -0.15) is 10.5 Å². The first-order chi connectivity index (χ1) is 14.9. The Hall–Kier alpha value is -3.82. The van der Waals surface area contributed by atoms with Gasteiger partial charge in [0, 0.05) is 28.2 Å². The van der Waals surface area contributed by atoms with E-state index in [9.17, 15) is 20.1 Å². The van der Waals surface area contributed by atoms with Crippen molar-refractivity contribution in [2.75, 3.05) is 14.2 Å². The summed E-state index contributed by atoms with van der Waals surface area (Å²) in [4.78, 5) is 26.3. The van der Waals surface area contributed by atoms with E-state index in [-0.39, 0.29) is 11.1 Å². The van der Waals surface area contributed by atoms with Gasteiger partial charge < -0.3 is 20.1 Å². The van der Waals surface area contributed by atoms with Crippen LogP contribution in [0.2, 0.25) is 0 Å². The molecule has 8 nitrogen and oxygen atoms in total. The van der Waals surface area contributed by atoms with Gasteiger partial charge in [-0.3, -0.25) is 0 Å². The van der Waals surface area contributed by atoms with Crippen molar-refractivity contribution in [3.8, 4) is 12.1 Å². The van der Waals surface area contributed by atoms with E-state index in [1.165, 1.54) is 31.8 Å². The van der Waals surface area contributed by atoms with E-state index in [1.807, 2.05) is 11.4 Å². The number of hydrogen-bond donors (Lipinski definition) is 2. The van der Waals surface area contributed by atoms with Gasteiger partial charge in [0.05, 0.1) is 60.5 Å². The highest BCUT2D eigenvalue weighted by atomic mass is 32.1. The molecule has 3 heterocycles. The van der Waals surface area contributed by atoms with E-state index in [0.29, 0.717) is 28.2 Å². The fourth-order valence-electron chi connectivity index (χ4n) is 3.83. The molecule has 1 atom stereocenters. The number of nitriles is 2. The lowest BCUT2D eigenvalue weighted by Gasteiger charge is -2.33. The van der Waals surface area contributed by atoms with Crippen LogP contribution in [0.25, 0.3) is 0 Å². The zero-order valence-corrected chi connectivity index (χ0v) is 18.2. The quantitative estimate of drug-likeness (QED) is 0.691. The highest BCUT2D eigenvalue weighted by Gasteiger charge is 2.42. The first-order valence-electron chi connectivity index (χ1n) is 9.28. The van der Waals surface area contributed by atoms with Crippen molar-refractivity contribution in [2.24, 2.45) is 5.92 Å². The van der Waals surface area contributed by atoms with Crippen molar-refractivity contribution < 1.29 is 19.1 Å². The molecule has 2 aliphatic rings. The smallest absolute Gasteiger partial charge is 0.336 e. The molecule has 9 heteroatoms. The number of esters is 2. The number of rotatable bonds is 4. The topological polar surface area (TPSA) is 124 Å². The molecule has 2 N–H and O–H groups in total. The molecule has 0 spiro atoms. The Morgan fingerprint density at radius 3 is 2.13 bits per heavy atom. The van der Waals surface area contributed by atoms with Crippen LogP contribution in [-0.4, -0.2) is 26.2 Å². The number of thiophene rings is 1. The number of allylic oxidation sites excluding steroid dienone is 3. The molecule has 0 radical (unpaired) electrons. The van der Waals surface area contributed by atoms with Crippen LogP contribution in [0.5, 0.6) is 0 Å². The zero-order chi connectivity index (χ0) is 22.7. The number of nitrogens with zero attached hydrogens (tertiary/aromatic N) is 2. The van der Waals surface area contributed by atoms with Gasteiger partial charge in [-0.05, 0) is 25.3 Å². The summed E-state index contributed by atoms with van der Waals surface area (Å²) in [5.41, 5.74) is 2.46. The van der Waals surface area contributed by atoms with Crippen LogP contribution >= 0.6 is 11.3 Å². The molecule has 0 saturated carbocycles. The Kier molecular flexibility index (Phi) is 6.28. The SMILES string of the molecule is COC(=O)C1=CNC(C2C(C#N)=C(C)NC(C)=C2C#N)=C(C(=O)OC)[C@@H]1c1cccs1. The first kappa shape index (κ1) is 21.9. The molecule has 0 aromatic carbocycles. The zero-order valence-electron chi connectivity index (χ0n) is 17.4. The van der Waals surface area contributed by atoms with E-state index in [4.69, 9.17) is 9.47 Å². The summed E-state index contributed by atoms with van der Waals surface area (Å²) in [7, 11) is 2.51. The predicted octanol–water partition coefficient (Wildman–Crippen LogP) is 2.73. The molecule has 0 aliphatic carbocycles. The van der Waals surface area contributed by atoms with E-state index in [1.54, 1.807) is 19.9 Å². The minimum atomic E-state index is -0.816. The van der Waals surface area contributed by atoms with E-state index >= 15 is 0 Å². The number of dihydropyridines is 2. The van der Waals surface area contributed by atoms with Gasteiger partial charge in [0.2, 0.25) is 0 Å². The van der Waals surface area contributed by atoms with Gasteiger partial charge in [-0.15, -0.1) is 11.3 Å². The number of carbonyl (C=O) groups excluding carboxylic acids is 2. The average molecular weight is 436 g/mol. The van der Waals surface area contributed by atoms with Crippen LogP contribution < -0.4 is 10.6 Å². The molecular formula is C22H20N4O4S. The molecule has 3 rings (SSSR count). The molecule has 1 aromatic heterocycles. The standard InChI is InChI=1S/C22H20N4O4S/c1-11-13(8-23)17(14(9-24)12(2)26-11)20-19(22(28)30-4)18(16-6-5-7-31-16)15(10-25-20)21(27)29-3/h5-7,10,17-18,25-26H,1-4H3/t18-/m0/s1. The minimum absolute atomic E-state index is 0.154. The summed E-state index contributed by atoms with van der Waals surface area (Å²) < 4.78 is 10.00. The number of carbonyl (C=O) groups is 2. The van der Waals surface area contributed by atoms with Crippen LogP contribution in [-0.2, 0) is 19.1 Å². The van der Waals surface area contributed by atoms with Crippen molar-refractivity contribution in [1.29, 1.82) is 10.5 Å². The summed E-state index contributed by atoms with van der Waals surface area (Å²) in [5, 5.41) is 27.6. The highest BCUT2D eigenvalue weighted by molar-refractivity contribution is 7.10. The fraction of sp³-hybridized carbons (Fsp3) is 0.273. The van der Waals surface area contributed by atoms with Gasteiger partial charge in [0.15, 0.2) is 0 Å². The van der Waals surface area contributed by atoms with E-state index < -0.39 is 23.8 Å². The number of hydrogen-bond acceptors (Lipinski definition) is 9. The Labute approximate surface area is 183 Å². The Balaban J connectivity index is 2.34. The summed E-state index contributed by atoms with van der Waals surface area (Å²) in [6, 6.07) is 7.92. The van der Waals surface area contributed by atoms with Crippen molar-refractivity contribution in [2.45, 2.75) is 19.8 Å². The molecular weight excluding hydrogens is 416 g/mol. The predicted molar refractivity (Wildman–Crippen MR) is 113 cm³/mol. The molecule has 31 heavy (non-hydrogen) atoms. The maximum Gasteiger partial charge on any atom is 0.336 e. The molecule has 158 valence electrons. The molecule has 0 fully saturated rings. The van der Waals surface area contributed by atoms with Crippen molar-refractivity contribution in [3.05, 3.63) is 68.0 Å². The van der Waals surface area contributed by atoms with Crippen LogP contribution in [0.15, 0.2) is 63.1 Å². The molecule has 1 aromatic rings. The van der Waals surface area contributed by atoms with Gasteiger partial charge in [-0.25, -0.2) is 9.59 Å². The second-order valence-corrected chi connectivity index (χ2v) is 7.84. The lowest BCUT2D eigenvalue weighted by molar-refractivity contribution is -0.137. The molecule has 0 unspecified atom stereocenters. The van der Waals surface area contributed by atoms with Gasteiger partial charge in [0.25, 0.3) is 0 Å². The third-order valence-corrected chi connectivity index (χ3v) is 6.15. The molecule has 2 aliphatic heterocycles. The van der Waals surface area contributed by atoms with Crippen LogP contribution in [0.1, 0.15) is 24.6 Å². The Morgan fingerprint density at radius 1 is 1.03 bits per heavy atom. The molecule has 0 bridgehead atoms. The maximum atomic E-state index is 13.0. The van der Waals surface area contributed by atoms with Crippen molar-refractivity contribution >= 4 is 23.3 Å². The lowest BCUT2D eigenvalue weighted by atomic mass is 9.77. The summed E-state index contributed by atoms with van der Waals surface area (Å²) in [5.74, 6) is -2.86. The Bertz CT molecular complexity index is 1110. The summed E-state index contributed by atoms with van der Waals surface area (Å²) in [6.45, 7) is 3.47. The normalized spacial score (nSPS) is 19.0. The van der Waals surface area contributed by atoms with Crippen molar-refractivity contribution in [1.82, 2.24) is 10.6 Å². The third kappa shape index (κ3) is 3.72. The summed E-state index contributed by atoms with van der Waals surface area (Å²) in [6.07, 6.45) is 1.47. The minimum Gasteiger partial charge on any atom is -0.466 e. The van der Waals surface area contributed by atoms with Crippen LogP contribution in [0.4, 0.5) is 0 Å². The maximum absolute atomic E-state index is 13.0. The Morgan fingerprint density at radius 2 is 1.65 bits per heavy atom. The third-order valence-electron chi connectivity index (χ3n) is 5.22. The number of methoxy groups -OCH3 is 2. The number of ether oxygens (including phenoxy) is 2. The lowest BCUT2D eigenvalue weighted by Crippen LogP contribution is -2.36. The van der Waals surface area contributed by atoms with Gasteiger partial charge in [-0.1, -0.05) is 6.07 Å². The monoisotopic (exact) mass is 436 g/mol. The van der Waals surface area contributed by atoms with E-state index in [2.05, 4.69) is 22.8 Å². The van der Waals surface area contributed by atoms with E-state index in [0.717, 1.165) is 4.88 Å². The molecule has 0 amide bonds. The van der Waals surface area contributed by atoms with Crippen LogP contribution in [0, 0.1) is 28.6 Å². The van der Waals surface area contributed by atoms with Crippen molar-refractivity contribution in [3.63, 3.8) is 0 Å².